The molecule has 0 aliphatic rings. The van der Waals surface area contributed by atoms with Gasteiger partial charge in [-0.1, -0.05) is 25.2 Å². The normalized spacial score (nSPS) is 15.0. The maximum Gasteiger partial charge on any atom is 0.229 e. The second-order valence-electron chi connectivity index (χ2n) is 2.98. The number of pyridine rings is 1. The molecule has 1 N–H and O–H groups in total. The zero-order valence-corrected chi connectivity index (χ0v) is 8.54. The molecule has 1 unspecified atom stereocenters. The summed E-state index contributed by atoms with van der Waals surface area (Å²) in [5.74, 6) is -1.17. The molecule has 0 saturated heterocycles. The van der Waals surface area contributed by atoms with Gasteiger partial charge in [-0.15, -0.1) is 0 Å². The van der Waals surface area contributed by atoms with E-state index < -0.39 is 5.79 Å². The van der Waals surface area contributed by atoms with Gasteiger partial charge in [0, 0.05) is 19.5 Å². The van der Waals surface area contributed by atoms with Gasteiger partial charge in [0.05, 0.1) is 0 Å². The van der Waals surface area contributed by atoms with Crippen molar-refractivity contribution >= 4 is 12.2 Å². The lowest BCUT2D eigenvalue weighted by atomic mass is 10.2. The van der Waals surface area contributed by atoms with Crippen LogP contribution in [0.4, 0.5) is 0 Å². The van der Waals surface area contributed by atoms with E-state index in [0.717, 1.165) is 0 Å². The van der Waals surface area contributed by atoms with Crippen LogP contribution in [0.2, 0.25) is 0 Å². The van der Waals surface area contributed by atoms with Crippen molar-refractivity contribution in [3.05, 3.63) is 29.0 Å². The maximum atomic E-state index is 9.61. The molecule has 4 heteroatoms. The Bertz CT molecular complexity index is 332. The van der Waals surface area contributed by atoms with Crippen molar-refractivity contribution in [2.24, 2.45) is 0 Å². The third-order valence-electron chi connectivity index (χ3n) is 1.74. The first-order valence-electron chi connectivity index (χ1n) is 4.15. The molecule has 0 fully saturated rings. The summed E-state index contributed by atoms with van der Waals surface area (Å²) < 4.78 is 1.93. The fourth-order valence-corrected chi connectivity index (χ4v) is 0.941. The van der Waals surface area contributed by atoms with E-state index in [1.165, 1.54) is 4.73 Å². The molecule has 1 atom stereocenters. The molecule has 13 heavy (non-hydrogen) atoms. The minimum absolute atomic E-state index is 0.504. The van der Waals surface area contributed by atoms with E-state index in [0.29, 0.717) is 11.1 Å². The highest BCUT2D eigenvalue weighted by Crippen LogP contribution is 2.06. The van der Waals surface area contributed by atoms with Crippen LogP contribution in [0.3, 0.4) is 0 Å². The second-order valence-corrected chi connectivity index (χ2v) is 3.40. The lowest BCUT2D eigenvalue weighted by molar-refractivity contribution is -0.194. The van der Waals surface area contributed by atoms with Gasteiger partial charge in [-0.05, 0) is 12.1 Å². The predicted molar refractivity (Wildman–Crippen MR) is 52.8 cm³/mol. The molecular formula is C9H13NO2S. The molecule has 0 spiro atoms. The molecule has 0 bridgehead atoms. The van der Waals surface area contributed by atoms with Crippen LogP contribution in [0.5, 0.6) is 0 Å². The van der Waals surface area contributed by atoms with Crippen LogP contribution in [0.1, 0.15) is 20.3 Å². The Morgan fingerprint density at radius 1 is 1.62 bits per heavy atom. The number of hydrogen-bond acceptors (Lipinski definition) is 3. The lowest BCUT2D eigenvalue weighted by Gasteiger charge is -2.23. The van der Waals surface area contributed by atoms with Crippen molar-refractivity contribution in [3.8, 4) is 0 Å². The first-order chi connectivity index (χ1) is 6.05. The summed E-state index contributed by atoms with van der Waals surface area (Å²) >= 11 is 4.99. The minimum atomic E-state index is -1.17. The highest BCUT2D eigenvalue weighted by Gasteiger charge is 2.19. The van der Waals surface area contributed by atoms with E-state index in [9.17, 15) is 5.11 Å². The van der Waals surface area contributed by atoms with Crippen LogP contribution >= 0.6 is 12.2 Å². The molecule has 1 aromatic rings. The summed E-state index contributed by atoms with van der Waals surface area (Å²) in [4.78, 5) is 5.25. The summed E-state index contributed by atoms with van der Waals surface area (Å²) in [6, 6.07) is 5.35. The van der Waals surface area contributed by atoms with Crippen molar-refractivity contribution < 1.29 is 9.94 Å². The predicted octanol–water partition coefficient (Wildman–Crippen LogP) is 1.76. The maximum absolute atomic E-state index is 9.61. The Morgan fingerprint density at radius 3 is 2.85 bits per heavy atom. The molecule has 1 heterocycles. The van der Waals surface area contributed by atoms with Gasteiger partial charge in [0.1, 0.15) is 4.64 Å². The molecular weight excluding hydrogens is 186 g/mol. The molecule has 0 radical (unpaired) electrons. The summed E-state index contributed by atoms with van der Waals surface area (Å²) in [6.07, 6.45) is 2.18. The number of rotatable bonds is 3. The molecule has 0 saturated carbocycles. The fraction of sp³-hybridized carbons (Fsp3) is 0.444. The standard InChI is InChI=1S/C9H13NO2S/c1-3-9(2,11)12-10-7-5-4-6-8(10)13/h4-7,11H,3H2,1-2H3. The number of aromatic nitrogens is 1. The quantitative estimate of drug-likeness (QED) is 0.595. The third kappa shape index (κ3) is 2.82. The monoisotopic (exact) mass is 199 g/mol. The second kappa shape index (κ2) is 3.89. The van der Waals surface area contributed by atoms with Crippen molar-refractivity contribution in [1.29, 1.82) is 0 Å². The van der Waals surface area contributed by atoms with Crippen LogP contribution in [0, 0.1) is 4.64 Å². The highest BCUT2D eigenvalue weighted by atomic mass is 32.1. The van der Waals surface area contributed by atoms with Gasteiger partial charge in [-0.3, -0.25) is 0 Å². The van der Waals surface area contributed by atoms with Gasteiger partial charge >= 0.3 is 0 Å². The molecule has 1 aromatic heterocycles. The molecule has 0 amide bonds. The average Bonchev–Trinajstić information content (AvgIpc) is 2.09. The van der Waals surface area contributed by atoms with E-state index in [2.05, 4.69) is 0 Å². The molecule has 0 aliphatic carbocycles. The number of nitrogens with zero attached hydrogens (tertiary/aromatic N) is 1. The van der Waals surface area contributed by atoms with Crippen LogP contribution in [0.15, 0.2) is 24.4 Å². The van der Waals surface area contributed by atoms with Crippen molar-refractivity contribution in [2.45, 2.75) is 26.1 Å². The average molecular weight is 199 g/mol. The van der Waals surface area contributed by atoms with Gasteiger partial charge in [-0.25, -0.2) is 0 Å². The Labute approximate surface area is 82.5 Å². The summed E-state index contributed by atoms with van der Waals surface area (Å²) in [5.41, 5.74) is 0. The SMILES string of the molecule is CCC(C)(O)On1ccccc1=S. The zero-order valence-electron chi connectivity index (χ0n) is 7.73. The Balaban J connectivity index is 2.87. The molecule has 3 nitrogen and oxygen atoms in total. The van der Waals surface area contributed by atoms with Crippen LogP contribution in [-0.2, 0) is 0 Å². The topological polar surface area (TPSA) is 34.4 Å². The van der Waals surface area contributed by atoms with Crippen LogP contribution < -0.4 is 4.84 Å². The van der Waals surface area contributed by atoms with E-state index in [-0.39, 0.29) is 0 Å². The smallest absolute Gasteiger partial charge is 0.229 e. The Hall–Kier alpha value is -0.870. The van der Waals surface area contributed by atoms with E-state index in [1.807, 2.05) is 13.0 Å². The zero-order chi connectivity index (χ0) is 9.90. The van der Waals surface area contributed by atoms with E-state index >= 15 is 0 Å². The van der Waals surface area contributed by atoms with Gasteiger partial charge in [0.15, 0.2) is 0 Å². The first-order valence-corrected chi connectivity index (χ1v) is 4.55. The molecule has 1 rings (SSSR count). The van der Waals surface area contributed by atoms with Gasteiger partial charge in [-0.2, -0.15) is 4.73 Å². The Morgan fingerprint density at radius 2 is 2.31 bits per heavy atom. The summed E-state index contributed by atoms with van der Waals surface area (Å²) in [6.45, 7) is 3.44. The number of aliphatic hydroxyl groups is 1. The summed E-state index contributed by atoms with van der Waals surface area (Å²) in [5, 5.41) is 9.61. The molecule has 72 valence electrons. The lowest BCUT2D eigenvalue weighted by Crippen LogP contribution is -2.37. The number of hydrogen-bond donors (Lipinski definition) is 1. The van der Waals surface area contributed by atoms with Gasteiger partial charge in [0.25, 0.3) is 0 Å². The van der Waals surface area contributed by atoms with Crippen molar-refractivity contribution in [2.75, 3.05) is 0 Å². The van der Waals surface area contributed by atoms with Gasteiger partial charge in [0.2, 0.25) is 5.79 Å². The third-order valence-corrected chi connectivity index (χ3v) is 2.06. The van der Waals surface area contributed by atoms with Crippen LogP contribution in [0.25, 0.3) is 0 Å². The first kappa shape index (κ1) is 10.2. The van der Waals surface area contributed by atoms with Gasteiger partial charge < -0.3 is 9.94 Å². The van der Waals surface area contributed by atoms with Crippen LogP contribution in [-0.4, -0.2) is 15.6 Å². The van der Waals surface area contributed by atoms with Crippen molar-refractivity contribution in [3.63, 3.8) is 0 Å². The molecule has 0 aliphatic heterocycles. The highest BCUT2D eigenvalue weighted by molar-refractivity contribution is 7.71. The fourth-order valence-electron chi connectivity index (χ4n) is 0.764. The Kier molecular flexibility index (Phi) is 3.06. The minimum Gasteiger partial charge on any atom is -0.378 e. The van der Waals surface area contributed by atoms with E-state index in [4.69, 9.17) is 17.1 Å². The summed E-state index contributed by atoms with van der Waals surface area (Å²) in [7, 11) is 0. The van der Waals surface area contributed by atoms with E-state index in [1.54, 1.807) is 25.3 Å². The molecule has 0 aromatic carbocycles. The largest absolute Gasteiger partial charge is 0.378 e. The van der Waals surface area contributed by atoms with Crippen molar-refractivity contribution in [1.82, 2.24) is 4.73 Å².